The van der Waals surface area contributed by atoms with Crippen LogP contribution in [-0.4, -0.2) is 44.7 Å². The summed E-state index contributed by atoms with van der Waals surface area (Å²) in [5, 5.41) is 8.51. The van der Waals surface area contributed by atoms with Gasteiger partial charge in [0.2, 0.25) is 0 Å². The van der Waals surface area contributed by atoms with Crippen molar-refractivity contribution in [3.8, 4) is 0 Å². The maximum atomic E-state index is 10.7. The topological polar surface area (TPSA) is 163 Å². The van der Waals surface area contributed by atoms with Crippen LogP contribution >= 0.6 is 15.6 Å². The summed E-state index contributed by atoms with van der Waals surface area (Å²) in [7, 11) is -9.55. The second kappa shape index (κ2) is 7.24. The van der Waals surface area contributed by atoms with Gasteiger partial charge < -0.3 is 19.6 Å². The van der Waals surface area contributed by atoms with E-state index in [4.69, 9.17) is 24.8 Å². The van der Waals surface area contributed by atoms with Crippen LogP contribution in [0.15, 0.2) is 0 Å². The molecular weight excluding hydrogens is 306 g/mol. The number of phosphoric acid groups is 2. The highest BCUT2D eigenvalue weighted by Gasteiger charge is 2.39. The highest BCUT2D eigenvalue weighted by molar-refractivity contribution is 7.46. The molecule has 0 bridgehead atoms. The quantitative estimate of drug-likeness (QED) is 0.227. The van der Waals surface area contributed by atoms with E-state index in [1.807, 2.05) is 0 Å². The molecule has 0 heterocycles. The van der Waals surface area contributed by atoms with E-state index in [0.717, 1.165) is 0 Å². The molecule has 0 amide bonds. The zero-order valence-corrected chi connectivity index (χ0v) is 12.2. The van der Waals surface area contributed by atoms with Crippen LogP contribution in [0.25, 0.3) is 0 Å². The molecule has 12 heteroatoms. The van der Waals surface area contributed by atoms with Crippen LogP contribution < -0.4 is 0 Å². The van der Waals surface area contributed by atoms with Gasteiger partial charge in [0.25, 0.3) is 0 Å². The minimum absolute atomic E-state index is 0.419. The van der Waals surface area contributed by atoms with Crippen LogP contribution in [0.3, 0.4) is 0 Å². The van der Waals surface area contributed by atoms with Crippen molar-refractivity contribution in [2.24, 2.45) is 11.3 Å². The van der Waals surface area contributed by atoms with Crippen molar-refractivity contribution < 1.29 is 47.9 Å². The summed E-state index contributed by atoms with van der Waals surface area (Å²) in [6, 6.07) is 0. The summed E-state index contributed by atoms with van der Waals surface area (Å²) >= 11 is 0. The molecule has 0 saturated carbocycles. The zero-order valence-electron chi connectivity index (χ0n) is 10.4. The Hall–Kier alpha value is 0.140. The standard InChI is InChI=1S/C7H18O10P2/c1-6(2)7(3-15-8,4-16-18(9,10)11)5-17-19(12,13)14/h6,8H,3-5H2,1-2H3,(H2,9,10,11)(H2,12,13,14). The van der Waals surface area contributed by atoms with E-state index in [-0.39, 0.29) is 0 Å². The first-order valence-electron chi connectivity index (χ1n) is 5.08. The monoisotopic (exact) mass is 324 g/mol. The summed E-state index contributed by atoms with van der Waals surface area (Å²) in [6.45, 7) is 1.46. The molecule has 0 saturated heterocycles. The number of rotatable bonds is 9. The fourth-order valence-electron chi connectivity index (χ4n) is 1.18. The summed E-state index contributed by atoms with van der Waals surface area (Å²) in [5.41, 5.74) is -1.34. The zero-order chi connectivity index (χ0) is 15.3. The predicted molar refractivity (Wildman–Crippen MR) is 61.8 cm³/mol. The van der Waals surface area contributed by atoms with Crippen LogP contribution in [0, 0.1) is 11.3 Å². The molecule has 10 nitrogen and oxygen atoms in total. The van der Waals surface area contributed by atoms with E-state index in [1.165, 1.54) is 0 Å². The molecule has 0 aromatic carbocycles. The van der Waals surface area contributed by atoms with Crippen molar-refractivity contribution >= 4 is 15.6 Å². The lowest BCUT2D eigenvalue weighted by atomic mass is 9.79. The Morgan fingerprint density at radius 2 is 1.32 bits per heavy atom. The molecule has 0 aromatic rings. The summed E-state index contributed by atoms with van der Waals surface area (Å²) in [6.07, 6.45) is 0. The van der Waals surface area contributed by atoms with Gasteiger partial charge in [-0.25, -0.2) is 14.0 Å². The largest absolute Gasteiger partial charge is 0.469 e. The van der Waals surface area contributed by atoms with Crippen LogP contribution in [0.2, 0.25) is 0 Å². The smallest absolute Gasteiger partial charge is 0.303 e. The average Bonchev–Trinajstić information content (AvgIpc) is 2.19. The Morgan fingerprint density at radius 3 is 1.53 bits per heavy atom. The van der Waals surface area contributed by atoms with Crippen LogP contribution in [0.4, 0.5) is 0 Å². The third kappa shape index (κ3) is 8.11. The molecule has 5 N–H and O–H groups in total. The molecule has 0 aliphatic heterocycles. The van der Waals surface area contributed by atoms with Gasteiger partial charge in [0, 0.05) is 5.41 Å². The van der Waals surface area contributed by atoms with Crippen LogP contribution in [0.1, 0.15) is 13.8 Å². The van der Waals surface area contributed by atoms with E-state index < -0.39 is 46.8 Å². The Balaban J connectivity index is 4.97. The average molecular weight is 324 g/mol. The molecule has 19 heavy (non-hydrogen) atoms. The van der Waals surface area contributed by atoms with Crippen molar-refractivity contribution in [1.29, 1.82) is 0 Å². The first-order valence-corrected chi connectivity index (χ1v) is 8.14. The van der Waals surface area contributed by atoms with Gasteiger partial charge in [-0.1, -0.05) is 13.8 Å². The molecule has 116 valence electrons. The van der Waals surface area contributed by atoms with E-state index in [1.54, 1.807) is 13.8 Å². The minimum Gasteiger partial charge on any atom is -0.303 e. The summed E-state index contributed by atoms with van der Waals surface area (Å²) in [5.74, 6) is -0.419. The summed E-state index contributed by atoms with van der Waals surface area (Å²) < 4.78 is 30.0. The second-order valence-corrected chi connectivity index (χ2v) is 6.80. The fraction of sp³-hybridized carbons (Fsp3) is 1.00. The molecule has 0 atom stereocenters. The van der Waals surface area contributed by atoms with Crippen LogP contribution in [0.5, 0.6) is 0 Å². The Kier molecular flexibility index (Phi) is 7.29. The molecule has 0 aromatic heterocycles. The molecule has 0 unspecified atom stereocenters. The Bertz CT molecular complexity index is 331. The van der Waals surface area contributed by atoms with Gasteiger partial charge in [0.05, 0.1) is 19.8 Å². The van der Waals surface area contributed by atoms with Crippen LogP contribution in [-0.2, 0) is 23.1 Å². The molecule has 0 spiro atoms. The third-order valence-corrected chi connectivity index (χ3v) is 3.55. The molecular formula is C7H18O10P2. The molecule has 0 fully saturated rings. The van der Waals surface area contributed by atoms with Gasteiger partial charge in [-0.15, -0.1) is 0 Å². The molecule has 0 aliphatic rings. The highest BCUT2D eigenvalue weighted by atomic mass is 31.2. The maximum Gasteiger partial charge on any atom is 0.469 e. The van der Waals surface area contributed by atoms with Gasteiger partial charge >= 0.3 is 15.6 Å². The lowest BCUT2D eigenvalue weighted by Crippen LogP contribution is -2.41. The lowest BCUT2D eigenvalue weighted by Gasteiger charge is -2.35. The van der Waals surface area contributed by atoms with E-state index >= 15 is 0 Å². The Labute approximate surface area is 109 Å². The lowest BCUT2D eigenvalue weighted by molar-refractivity contribution is -0.272. The van der Waals surface area contributed by atoms with Gasteiger partial charge in [-0.3, -0.25) is 14.3 Å². The second-order valence-electron chi connectivity index (χ2n) is 4.32. The van der Waals surface area contributed by atoms with Gasteiger partial charge in [-0.2, -0.15) is 0 Å². The van der Waals surface area contributed by atoms with Gasteiger partial charge in [0.1, 0.15) is 0 Å². The van der Waals surface area contributed by atoms with E-state index in [9.17, 15) is 9.13 Å². The number of hydrogen-bond acceptors (Lipinski definition) is 6. The van der Waals surface area contributed by atoms with Crippen molar-refractivity contribution in [1.82, 2.24) is 0 Å². The van der Waals surface area contributed by atoms with Crippen molar-refractivity contribution in [2.75, 3.05) is 19.8 Å². The van der Waals surface area contributed by atoms with E-state index in [2.05, 4.69) is 13.9 Å². The SMILES string of the molecule is CC(C)C(COO)(COP(=O)(O)O)COP(=O)(O)O. The Morgan fingerprint density at radius 1 is 0.947 bits per heavy atom. The van der Waals surface area contributed by atoms with Gasteiger partial charge in [-0.05, 0) is 5.92 Å². The van der Waals surface area contributed by atoms with Crippen molar-refractivity contribution in [2.45, 2.75) is 13.8 Å². The van der Waals surface area contributed by atoms with E-state index in [0.29, 0.717) is 0 Å². The minimum atomic E-state index is -4.78. The highest BCUT2D eigenvalue weighted by Crippen LogP contribution is 2.44. The molecule has 0 aliphatic carbocycles. The number of hydrogen-bond donors (Lipinski definition) is 5. The van der Waals surface area contributed by atoms with Crippen molar-refractivity contribution in [3.05, 3.63) is 0 Å². The maximum absolute atomic E-state index is 10.7. The molecule has 0 radical (unpaired) electrons. The first-order chi connectivity index (χ1) is 8.42. The molecule has 0 rings (SSSR count). The predicted octanol–water partition coefficient (Wildman–Crippen LogP) is 0.337. The van der Waals surface area contributed by atoms with Crippen molar-refractivity contribution in [3.63, 3.8) is 0 Å². The normalized spacial score (nSPS) is 14.1. The fourth-order valence-corrected chi connectivity index (χ4v) is 2.03. The first kappa shape index (κ1) is 19.1. The number of phosphoric ester groups is 2. The summed E-state index contributed by atoms with van der Waals surface area (Å²) in [4.78, 5) is 38.5. The van der Waals surface area contributed by atoms with Gasteiger partial charge in [0.15, 0.2) is 0 Å². The third-order valence-electron chi connectivity index (χ3n) is 2.62.